The van der Waals surface area contributed by atoms with Crippen molar-refractivity contribution in [3.8, 4) is 5.75 Å². The molecule has 1 aromatic carbocycles. The summed E-state index contributed by atoms with van der Waals surface area (Å²) in [6, 6.07) is 9.75. The number of thiophene rings is 1. The number of hydrogen-bond acceptors (Lipinski definition) is 5. The number of amides is 1. The van der Waals surface area contributed by atoms with Gasteiger partial charge in [0.05, 0.1) is 0 Å². The number of likely N-dealkylation sites (tertiary alicyclic amines) is 1. The highest BCUT2D eigenvalue weighted by Crippen LogP contribution is 2.33. The molecule has 134 valence electrons. The number of aliphatic hydroxyl groups is 1. The van der Waals surface area contributed by atoms with Crippen LogP contribution in [0.15, 0.2) is 41.1 Å². The second-order valence-corrected chi connectivity index (χ2v) is 7.16. The number of carbonyl (C=O) groups is 1. The summed E-state index contributed by atoms with van der Waals surface area (Å²) in [4.78, 5) is 13.4. The standard InChI is InChI=1S/C19H24N2O3S/c1-14(22)20-16-4-6-18(7-5-16)24-12-17(23)11-21-9-2-3-19(21)15-8-10-25-13-15/h4-8,10,13,17,19,23H,2-3,9,11-12H2,1H3,(H,20,22). The van der Waals surface area contributed by atoms with E-state index >= 15 is 0 Å². The first-order valence-corrected chi connectivity index (χ1v) is 9.51. The summed E-state index contributed by atoms with van der Waals surface area (Å²) in [5.74, 6) is 0.582. The Hall–Kier alpha value is -1.89. The fourth-order valence-corrected chi connectivity index (χ4v) is 3.95. The molecule has 0 spiro atoms. The molecular formula is C19H24N2O3S. The smallest absolute Gasteiger partial charge is 0.221 e. The van der Waals surface area contributed by atoms with Gasteiger partial charge in [-0.1, -0.05) is 0 Å². The minimum Gasteiger partial charge on any atom is -0.491 e. The fourth-order valence-electron chi connectivity index (χ4n) is 3.24. The summed E-state index contributed by atoms with van der Waals surface area (Å²) in [6.07, 6.45) is 1.78. The molecule has 5 nitrogen and oxygen atoms in total. The van der Waals surface area contributed by atoms with Crippen molar-refractivity contribution >= 4 is 22.9 Å². The monoisotopic (exact) mass is 360 g/mol. The molecule has 3 rings (SSSR count). The summed E-state index contributed by atoms with van der Waals surface area (Å²) in [6.45, 7) is 3.36. The Balaban J connectivity index is 1.47. The summed E-state index contributed by atoms with van der Waals surface area (Å²) < 4.78 is 5.68. The van der Waals surface area contributed by atoms with E-state index in [0.29, 0.717) is 18.3 Å². The molecule has 1 saturated heterocycles. The van der Waals surface area contributed by atoms with Crippen molar-refractivity contribution in [1.29, 1.82) is 0 Å². The van der Waals surface area contributed by atoms with Crippen LogP contribution in [0, 0.1) is 0 Å². The zero-order valence-electron chi connectivity index (χ0n) is 14.4. The number of nitrogens with one attached hydrogen (secondary N) is 1. The lowest BCUT2D eigenvalue weighted by Gasteiger charge is -2.26. The number of anilines is 1. The largest absolute Gasteiger partial charge is 0.491 e. The zero-order valence-corrected chi connectivity index (χ0v) is 15.2. The van der Waals surface area contributed by atoms with Gasteiger partial charge in [0.2, 0.25) is 5.91 Å². The first kappa shape index (κ1) is 17.9. The second kappa shape index (κ2) is 8.47. The first-order chi connectivity index (χ1) is 12.1. The van der Waals surface area contributed by atoms with Crippen LogP contribution in [-0.2, 0) is 4.79 Å². The molecule has 1 aliphatic heterocycles. The van der Waals surface area contributed by atoms with E-state index in [-0.39, 0.29) is 12.5 Å². The minimum atomic E-state index is -0.533. The molecule has 2 aromatic rings. The van der Waals surface area contributed by atoms with Gasteiger partial charge in [0.25, 0.3) is 0 Å². The molecule has 1 aliphatic rings. The number of hydrogen-bond donors (Lipinski definition) is 2. The molecule has 2 unspecified atom stereocenters. The third-order valence-electron chi connectivity index (χ3n) is 4.35. The lowest BCUT2D eigenvalue weighted by Crippen LogP contribution is -2.35. The number of nitrogens with zero attached hydrogens (tertiary/aromatic N) is 1. The van der Waals surface area contributed by atoms with Gasteiger partial charge in [0.1, 0.15) is 18.5 Å². The molecule has 25 heavy (non-hydrogen) atoms. The number of benzene rings is 1. The van der Waals surface area contributed by atoms with Gasteiger partial charge >= 0.3 is 0 Å². The normalized spacial score (nSPS) is 18.9. The van der Waals surface area contributed by atoms with E-state index in [1.807, 2.05) is 0 Å². The predicted molar refractivity (Wildman–Crippen MR) is 100 cm³/mol. The second-order valence-electron chi connectivity index (χ2n) is 6.38. The lowest BCUT2D eigenvalue weighted by atomic mass is 10.1. The van der Waals surface area contributed by atoms with Crippen LogP contribution in [0.4, 0.5) is 5.69 Å². The van der Waals surface area contributed by atoms with Crippen LogP contribution in [0.5, 0.6) is 5.75 Å². The van der Waals surface area contributed by atoms with Gasteiger partial charge in [0.15, 0.2) is 0 Å². The van der Waals surface area contributed by atoms with Gasteiger partial charge in [-0.2, -0.15) is 11.3 Å². The van der Waals surface area contributed by atoms with E-state index in [1.54, 1.807) is 35.6 Å². The highest BCUT2D eigenvalue weighted by Gasteiger charge is 2.27. The maximum Gasteiger partial charge on any atom is 0.221 e. The van der Waals surface area contributed by atoms with Crippen LogP contribution in [0.2, 0.25) is 0 Å². The van der Waals surface area contributed by atoms with Crippen LogP contribution in [0.1, 0.15) is 31.4 Å². The van der Waals surface area contributed by atoms with Crippen LogP contribution < -0.4 is 10.1 Å². The van der Waals surface area contributed by atoms with Gasteiger partial charge < -0.3 is 15.2 Å². The Bertz CT molecular complexity index is 672. The molecule has 0 bridgehead atoms. The molecule has 0 saturated carbocycles. The Morgan fingerprint density at radius 1 is 1.40 bits per heavy atom. The summed E-state index contributed by atoms with van der Waals surface area (Å²) in [5, 5.41) is 17.4. The maximum atomic E-state index is 11.0. The zero-order chi connectivity index (χ0) is 17.6. The van der Waals surface area contributed by atoms with Crippen molar-refractivity contribution in [1.82, 2.24) is 4.90 Å². The lowest BCUT2D eigenvalue weighted by molar-refractivity contribution is -0.114. The molecule has 2 N–H and O–H groups in total. The third-order valence-corrected chi connectivity index (χ3v) is 5.06. The van der Waals surface area contributed by atoms with E-state index in [9.17, 15) is 9.90 Å². The van der Waals surface area contributed by atoms with E-state index in [4.69, 9.17) is 4.74 Å². The Morgan fingerprint density at radius 3 is 2.88 bits per heavy atom. The average Bonchev–Trinajstić information content (AvgIpc) is 3.24. The maximum absolute atomic E-state index is 11.0. The fraction of sp³-hybridized carbons (Fsp3) is 0.421. The molecule has 1 amide bonds. The average molecular weight is 360 g/mol. The first-order valence-electron chi connectivity index (χ1n) is 8.56. The number of aliphatic hydroxyl groups excluding tert-OH is 1. The van der Waals surface area contributed by atoms with Crippen molar-refractivity contribution in [2.75, 3.05) is 25.0 Å². The summed E-state index contributed by atoms with van der Waals surface area (Å²) >= 11 is 1.72. The van der Waals surface area contributed by atoms with E-state index in [0.717, 1.165) is 18.7 Å². The Labute approximate surface area is 152 Å². The summed E-state index contributed by atoms with van der Waals surface area (Å²) in [7, 11) is 0. The van der Waals surface area contributed by atoms with Crippen molar-refractivity contribution in [3.05, 3.63) is 46.7 Å². The Kier molecular flexibility index (Phi) is 6.07. The summed E-state index contributed by atoms with van der Waals surface area (Å²) in [5.41, 5.74) is 2.08. The van der Waals surface area contributed by atoms with Gasteiger partial charge in [-0.15, -0.1) is 0 Å². The van der Waals surface area contributed by atoms with Crippen LogP contribution in [0.3, 0.4) is 0 Å². The molecule has 6 heteroatoms. The number of carbonyl (C=O) groups excluding carboxylic acids is 1. The quantitative estimate of drug-likeness (QED) is 0.795. The van der Waals surface area contributed by atoms with Crippen molar-refractivity contribution in [2.24, 2.45) is 0 Å². The van der Waals surface area contributed by atoms with Crippen LogP contribution >= 0.6 is 11.3 Å². The van der Waals surface area contributed by atoms with E-state index in [1.165, 1.54) is 18.9 Å². The SMILES string of the molecule is CC(=O)Nc1ccc(OCC(O)CN2CCCC2c2ccsc2)cc1. The van der Waals surface area contributed by atoms with Crippen molar-refractivity contribution < 1.29 is 14.6 Å². The molecule has 2 atom stereocenters. The highest BCUT2D eigenvalue weighted by molar-refractivity contribution is 7.07. The topological polar surface area (TPSA) is 61.8 Å². The molecule has 1 aromatic heterocycles. The minimum absolute atomic E-state index is 0.102. The molecule has 0 radical (unpaired) electrons. The molecule has 0 aliphatic carbocycles. The Morgan fingerprint density at radius 2 is 2.20 bits per heavy atom. The molecular weight excluding hydrogens is 336 g/mol. The predicted octanol–water partition coefficient (Wildman–Crippen LogP) is 3.28. The number of rotatable bonds is 7. The van der Waals surface area contributed by atoms with Crippen molar-refractivity contribution in [2.45, 2.75) is 31.9 Å². The van der Waals surface area contributed by atoms with Gasteiger partial charge in [-0.3, -0.25) is 9.69 Å². The van der Waals surface area contributed by atoms with Crippen molar-refractivity contribution in [3.63, 3.8) is 0 Å². The highest BCUT2D eigenvalue weighted by atomic mass is 32.1. The number of β-amino-alcohol motifs (C(OH)–C–C–N with tert-alkyl or cyclic N) is 1. The van der Waals surface area contributed by atoms with Gasteiger partial charge in [0, 0.05) is 25.2 Å². The van der Waals surface area contributed by atoms with Crippen LogP contribution in [-0.4, -0.2) is 41.7 Å². The van der Waals surface area contributed by atoms with E-state index < -0.39 is 6.10 Å². The number of ether oxygens (including phenoxy) is 1. The van der Waals surface area contributed by atoms with Gasteiger partial charge in [-0.05, 0) is 66.0 Å². The molecule has 2 heterocycles. The van der Waals surface area contributed by atoms with Gasteiger partial charge in [-0.25, -0.2) is 0 Å². The van der Waals surface area contributed by atoms with Crippen LogP contribution in [0.25, 0.3) is 0 Å². The molecule has 1 fully saturated rings. The third kappa shape index (κ3) is 5.04. The van der Waals surface area contributed by atoms with E-state index in [2.05, 4.69) is 27.0 Å².